The van der Waals surface area contributed by atoms with Crippen molar-refractivity contribution in [3.63, 3.8) is 0 Å². The molecule has 2 aromatic heterocycles. The number of pyridine rings is 1. The van der Waals surface area contributed by atoms with Gasteiger partial charge in [-0.25, -0.2) is 4.39 Å². The zero-order valence-electron chi connectivity index (χ0n) is 15.7. The predicted molar refractivity (Wildman–Crippen MR) is 118 cm³/mol. The summed E-state index contributed by atoms with van der Waals surface area (Å²) < 4.78 is 14.4. The summed E-state index contributed by atoms with van der Waals surface area (Å²) in [5.41, 5.74) is 7.10. The van der Waals surface area contributed by atoms with Crippen LogP contribution in [0.3, 0.4) is 0 Å². The van der Waals surface area contributed by atoms with Crippen LogP contribution < -0.4 is 11.1 Å². The van der Waals surface area contributed by atoms with Gasteiger partial charge < -0.3 is 11.1 Å². The molecule has 0 aliphatic carbocycles. The maximum atomic E-state index is 14.4. The third-order valence-corrected chi connectivity index (χ3v) is 6.68. The Morgan fingerprint density at radius 2 is 2.10 bits per heavy atom. The summed E-state index contributed by atoms with van der Waals surface area (Å²) in [6.07, 6.45) is 2.49. The Labute approximate surface area is 176 Å². The number of nitrogens with zero attached hydrogens (tertiary/aromatic N) is 2. The van der Waals surface area contributed by atoms with Crippen LogP contribution in [0.2, 0.25) is 0 Å². The number of thiophene rings is 1. The summed E-state index contributed by atoms with van der Waals surface area (Å²) in [5, 5.41) is 3.21. The van der Waals surface area contributed by atoms with Crippen LogP contribution >= 0.6 is 23.1 Å². The van der Waals surface area contributed by atoms with Gasteiger partial charge in [0.2, 0.25) is 0 Å². The summed E-state index contributed by atoms with van der Waals surface area (Å²) in [6.45, 7) is 1.97. The van der Waals surface area contributed by atoms with Crippen LogP contribution in [-0.2, 0) is 5.54 Å². The molecule has 0 saturated carbocycles. The number of aromatic nitrogens is 1. The van der Waals surface area contributed by atoms with Crippen LogP contribution in [0.25, 0.3) is 10.6 Å². The van der Waals surface area contributed by atoms with Crippen molar-refractivity contribution in [1.82, 2.24) is 4.98 Å². The molecular formula is C21H19FN4OS2. The lowest BCUT2D eigenvalue weighted by atomic mass is 9.89. The summed E-state index contributed by atoms with van der Waals surface area (Å²) in [6, 6.07) is 13.9. The van der Waals surface area contributed by atoms with Crippen molar-refractivity contribution in [1.29, 1.82) is 0 Å². The van der Waals surface area contributed by atoms with E-state index in [0.717, 1.165) is 28.3 Å². The predicted octanol–water partition coefficient (Wildman–Crippen LogP) is 4.87. The molecule has 0 radical (unpaired) electrons. The normalized spacial score (nSPS) is 18.9. The summed E-state index contributed by atoms with van der Waals surface area (Å²) in [7, 11) is 0. The summed E-state index contributed by atoms with van der Waals surface area (Å²) in [5.74, 6) is -0.00826. The van der Waals surface area contributed by atoms with Crippen molar-refractivity contribution >= 4 is 39.9 Å². The van der Waals surface area contributed by atoms with E-state index in [2.05, 4.69) is 15.3 Å². The minimum atomic E-state index is -0.530. The van der Waals surface area contributed by atoms with Crippen LogP contribution in [0.5, 0.6) is 0 Å². The first-order chi connectivity index (χ1) is 13.9. The fourth-order valence-corrected chi connectivity index (χ4v) is 4.99. The second kappa shape index (κ2) is 7.96. The molecule has 0 spiro atoms. The number of aliphatic imine (C=N–C) groups is 1. The third-order valence-electron chi connectivity index (χ3n) is 4.78. The Kier molecular flexibility index (Phi) is 5.38. The number of benzene rings is 1. The number of hydrogen-bond acceptors (Lipinski definition) is 6. The van der Waals surface area contributed by atoms with E-state index in [4.69, 9.17) is 5.73 Å². The van der Waals surface area contributed by atoms with Gasteiger partial charge in [0.25, 0.3) is 5.91 Å². The van der Waals surface area contributed by atoms with Crippen LogP contribution in [0.15, 0.2) is 59.7 Å². The number of hydrogen-bond donors (Lipinski definition) is 2. The van der Waals surface area contributed by atoms with Crippen molar-refractivity contribution in [3.8, 4) is 10.6 Å². The number of anilines is 1. The summed E-state index contributed by atoms with van der Waals surface area (Å²) in [4.78, 5) is 22.9. The van der Waals surface area contributed by atoms with Gasteiger partial charge in [0.1, 0.15) is 5.82 Å². The standard InChI is InChI=1S/C21H19FN4OS2/c1-21(9-11-28-20(23)26-21)13-5-6-14(22)16(12-13)25-19(27)18-8-7-17(29-18)15-4-2-3-10-24-15/h2-8,10,12H,9,11H2,1H3,(H2,23,26)(H,25,27). The van der Waals surface area contributed by atoms with E-state index >= 15 is 0 Å². The van der Waals surface area contributed by atoms with Crippen molar-refractivity contribution < 1.29 is 9.18 Å². The van der Waals surface area contributed by atoms with Crippen LogP contribution in [-0.4, -0.2) is 21.8 Å². The average Bonchev–Trinajstić information content (AvgIpc) is 3.20. The number of thioether (sulfide) groups is 1. The Bertz CT molecular complexity index is 1080. The SMILES string of the molecule is CC1(c2ccc(F)c(NC(=O)c3ccc(-c4ccccn4)s3)c2)CCSC(N)=N1. The topological polar surface area (TPSA) is 80.4 Å². The highest BCUT2D eigenvalue weighted by atomic mass is 32.2. The van der Waals surface area contributed by atoms with Crippen molar-refractivity contribution in [2.45, 2.75) is 18.9 Å². The first-order valence-corrected chi connectivity index (χ1v) is 10.9. The Balaban J connectivity index is 1.57. The smallest absolute Gasteiger partial charge is 0.265 e. The molecule has 5 nitrogen and oxygen atoms in total. The molecule has 1 atom stereocenters. The molecule has 1 aliphatic heterocycles. The number of rotatable bonds is 4. The number of carbonyl (C=O) groups excluding carboxylic acids is 1. The van der Waals surface area contributed by atoms with E-state index < -0.39 is 11.4 Å². The molecular weight excluding hydrogens is 407 g/mol. The van der Waals surface area contributed by atoms with Gasteiger partial charge in [0, 0.05) is 11.9 Å². The molecule has 3 aromatic rings. The molecule has 8 heteroatoms. The van der Waals surface area contributed by atoms with Crippen LogP contribution in [0.4, 0.5) is 10.1 Å². The van der Waals surface area contributed by atoms with Gasteiger partial charge in [-0.05, 0) is 55.3 Å². The number of carbonyl (C=O) groups is 1. The zero-order valence-corrected chi connectivity index (χ0v) is 17.3. The number of nitrogens with two attached hydrogens (primary N) is 1. The zero-order chi connectivity index (χ0) is 20.4. The lowest BCUT2D eigenvalue weighted by molar-refractivity contribution is 0.103. The minimum Gasteiger partial charge on any atom is -0.379 e. The number of halogens is 1. The molecule has 3 heterocycles. The van der Waals surface area contributed by atoms with Crippen molar-refractivity contribution in [2.24, 2.45) is 10.7 Å². The molecule has 0 bridgehead atoms. The molecule has 1 amide bonds. The maximum absolute atomic E-state index is 14.4. The van der Waals surface area contributed by atoms with E-state index in [1.807, 2.05) is 31.2 Å². The van der Waals surface area contributed by atoms with E-state index in [-0.39, 0.29) is 11.6 Å². The van der Waals surface area contributed by atoms with E-state index in [1.54, 1.807) is 24.4 Å². The van der Waals surface area contributed by atoms with Gasteiger partial charge in [0.05, 0.1) is 26.7 Å². The first-order valence-electron chi connectivity index (χ1n) is 9.05. The summed E-state index contributed by atoms with van der Waals surface area (Å²) >= 11 is 2.82. The number of nitrogens with one attached hydrogen (secondary N) is 1. The number of amides is 1. The van der Waals surface area contributed by atoms with E-state index in [0.29, 0.717) is 10.0 Å². The highest BCUT2D eigenvalue weighted by Crippen LogP contribution is 2.36. The van der Waals surface area contributed by atoms with Gasteiger partial charge in [-0.2, -0.15) is 0 Å². The molecule has 4 rings (SSSR count). The van der Waals surface area contributed by atoms with Crippen LogP contribution in [0.1, 0.15) is 28.6 Å². The molecule has 3 N–H and O–H groups in total. The lowest BCUT2D eigenvalue weighted by Crippen LogP contribution is -2.29. The second-order valence-electron chi connectivity index (χ2n) is 6.85. The quantitative estimate of drug-likeness (QED) is 0.624. The van der Waals surface area contributed by atoms with Crippen molar-refractivity contribution in [2.75, 3.05) is 11.1 Å². The third kappa shape index (κ3) is 4.18. The average molecular weight is 427 g/mol. The maximum Gasteiger partial charge on any atom is 0.265 e. The van der Waals surface area contributed by atoms with Crippen molar-refractivity contribution in [3.05, 3.63) is 71.0 Å². The fraction of sp³-hybridized carbons (Fsp3) is 0.190. The second-order valence-corrected chi connectivity index (χ2v) is 9.05. The number of amidine groups is 1. The molecule has 148 valence electrons. The van der Waals surface area contributed by atoms with Gasteiger partial charge in [-0.3, -0.25) is 14.8 Å². The van der Waals surface area contributed by atoms with Crippen LogP contribution in [0, 0.1) is 5.82 Å². The monoisotopic (exact) mass is 426 g/mol. The largest absolute Gasteiger partial charge is 0.379 e. The lowest BCUT2D eigenvalue weighted by Gasteiger charge is -2.30. The Morgan fingerprint density at radius 3 is 2.86 bits per heavy atom. The van der Waals surface area contributed by atoms with E-state index in [1.165, 1.54) is 29.2 Å². The molecule has 29 heavy (non-hydrogen) atoms. The Morgan fingerprint density at radius 1 is 1.24 bits per heavy atom. The molecule has 0 saturated heterocycles. The molecule has 1 unspecified atom stereocenters. The molecule has 0 fully saturated rings. The highest BCUT2D eigenvalue weighted by Gasteiger charge is 2.30. The van der Waals surface area contributed by atoms with Gasteiger partial charge in [-0.15, -0.1) is 11.3 Å². The van der Waals surface area contributed by atoms with Gasteiger partial charge in [-0.1, -0.05) is 23.9 Å². The van der Waals surface area contributed by atoms with Gasteiger partial charge >= 0.3 is 0 Å². The Hall–Kier alpha value is -2.71. The van der Waals surface area contributed by atoms with E-state index in [9.17, 15) is 9.18 Å². The first kappa shape index (κ1) is 19.6. The highest BCUT2D eigenvalue weighted by molar-refractivity contribution is 8.13. The molecule has 1 aromatic carbocycles. The van der Waals surface area contributed by atoms with Gasteiger partial charge in [0.15, 0.2) is 5.17 Å². The fourth-order valence-electron chi connectivity index (χ4n) is 3.14. The molecule has 1 aliphatic rings. The minimum absolute atomic E-state index is 0.133.